The van der Waals surface area contributed by atoms with Crippen LogP contribution in [-0.2, 0) is 6.42 Å². The van der Waals surface area contributed by atoms with E-state index >= 15 is 0 Å². The summed E-state index contributed by atoms with van der Waals surface area (Å²) in [6, 6.07) is 26.6. The lowest BCUT2D eigenvalue weighted by Crippen LogP contribution is -2.05. The number of phenolic OH excluding ortho intramolecular Hbond substituents is 1. The molecular weight excluding hydrogens is 284 g/mol. The van der Waals surface area contributed by atoms with Crippen molar-refractivity contribution in [2.45, 2.75) is 12.3 Å². The lowest BCUT2D eigenvalue weighted by atomic mass is 9.86. The first-order valence-electron chi connectivity index (χ1n) is 7.73. The van der Waals surface area contributed by atoms with E-state index in [-0.39, 0.29) is 11.7 Å². The van der Waals surface area contributed by atoms with Gasteiger partial charge in [0.1, 0.15) is 0 Å². The second kappa shape index (κ2) is 7.01. The average Bonchev–Trinajstić information content (AvgIpc) is 2.62. The Hall–Kier alpha value is -2.74. The van der Waals surface area contributed by atoms with E-state index in [1.54, 1.807) is 13.2 Å². The van der Waals surface area contributed by atoms with E-state index < -0.39 is 0 Å². The van der Waals surface area contributed by atoms with E-state index in [4.69, 9.17) is 4.74 Å². The van der Waals surface area contributed by atoms with Crippen molar-refractivity contribution in [2.24, 2.45) is 0 Å². The van der Waals surface area contributed by atoms with Gasteiger partial charge in [-0.05, 0) is 35.2 Å². The molecule has 3 aromatic rings. The maximum atomic E-state index is 9.78. The number of aromatic hydroxyl groups is 1. The van der Waals surface area contributed by atoms with Gasteiger partial charge in [0.15, 0.2) is 11.5 Å². The number of phenols is 1. The fourth-order valence-corrected chi connectivity index (χ4v) is 2.88. The zero-order chi connectivity index (χ0) is 16.1. The third-order valence-electron chi connectivity index (χ3n) is 4.09. The molecule has 0 atom stereocenters. The molecule has 0 aliphatic rings. The fraction of sp³-hybridized carbons (Fsp3) is 0.143. The molecule has 0 aliphatic carbocycles. The van der Waals surface area contributed by atoms with E-state index in [0.717, 1.165) is 12.0 Å². The molecule has 0 amide bonds. The van der Waals surface area contributed by atoms with Crippen molar-refractivity contribution in [3.63, 3.8) is 0 Å². The second-order valence-electron chi connectivity index (χ2n) is 5.58. The summed E-state index contributed by atoms with van der Waals surface area (Å²) in [7, 11) is 1.57. The first-order chi connectivity index (χ1) is 11.3. The van der Waals surface area contributed by atoms with Gasteiger partial charge in [0.2, 0.25) is 0 Å². The van der Waals surface area contributed by atoms with Gasteiger partial charge in [0, 0.05) is 5.92 Å². The molecule has 3 rings (SSSR count). The van der Waals surface area contributed by atoms with Gasteiger partial charge in [-0.1, -0.05) is 66.7 Å². The van der Waals surface area contributed by atoms with Gasteiger partial charge >= 0.3 is 0 Å². The van der Waals surface area contributed by atoms with Gasteiger partial charge in [0.25, 0.3) is 0 Å². The van der Waals surface area contributed by atoms with E-state index in [9.17, 15) is 5.11 Å². The SMILES string of the molecule is COc1cc(CC(c2ccccc2)c2ccccc2)ccc1O. The molecule has 0 aliphatic heterocycles. The summed E-state index contributed by atoms with van der Waals surface area (Å²) in [4.78, 5) is 0. The van der Waals surface area contributed by atoms with Crippen LogP contribution in [0.1, 0.15) is 22.6 Å². The summed E-state index contributed by atoms with van der Waals surface area (Å²) >= 11 is 0. The Morgan fingerprint density at radius 1 is 0.826 bits per heavy atom. The molecule has 2 nitrogen and oxygen atoms in total. The van der Waals surface area contributed by atoms with Crippen molar-refractivity contribution in [2.75, 3.05) is 7.11 Å². The van der Waals surface area contributed by atoms with Gasteiger partial charge < -0.3 is 9.84 Å². The summed E-state index contributed by atoms with van der Waals surface area (Å²) in [5, 5.41) is 9.78. The van der Waals surface area contributed by atoms with Gasteiger partial charge in [-0.25, -0.2) is 0 Å². The summed E-state index contributed by atoms with van der Waals surface area (Å²) in [6.45, 7) is 0. The Labute approximate surface area is 137 Å². The van der Waals surface area contributed by atoms with E-state index in [1.165, 1.54) is 11.1 Å². The topological polar surface area (TPSA) is 29.5 Å². The Morgan fingerprint density at radius 3 is 1.91 bits per heavy atom. The molecule has 116 valence electrons. The Bertz CT molecular complexity index is 712. The number of benzene rings is 3. The highest BCUT2D eigenvalue weighted by Gasteiger charge is 2.15. The van der Waals surface area contributed by atoms with E-state index in [0.29, 0.717) is 5.75 Å². The lowest BCUT2D eigenvalue weighted by Gasteiger charge is -2.19. The average molecular weight is 304 g/mol. The zero-order valence-electron chi connectivity index (χ0n) is 13.1. The Balaban J connectivity index is 1.97. The molecule has 1 N–H and O–H groups in total. The monoisotopic (exact) mass is 304 g/mol. The lowest BCUT2D eigenvalue weighted by molar-refractivity contribution is 0.373. The summed E-state index contributed by atoms with van der Waals surface area (Å²) < 4.78 is 5.23. The Kier molecular flexibility index (Phi) is 4.62. The van der Waals surface area contributed by atoms with E-state index in [1.807, 2.05) is 24.3 Å². The van der Waals surface area contributed by atoms with Crippen LogP contribution in [0.25, 0.3) is 0 Å². The van der Waals surface area contributed by atoms with Crippen LogP contribution >= 0.6 is 0 Å². The summed E-state index contributed by atoms with van der Waals surface area (Å²) in [5.74, 6) is 0.959. The molecule has 0 unspecified atom stereocenters. The number of methoxy groups -OCH3 is 1. The molecule has 0 saturated heterocycles. The molecule has 23 heavy (non-hydrogen) atoms. The van der Waals surface area contributed by atoms with Gasteiger partial charge in [-0.3, -0.25) is 0 Å². The molecule has 0 aromatic heterocycles. The highest BCUT2D eigenvalue weighted by molar-refractivity contribution is 5.43. The molecule has 3 aromatic carbocycles. The standard InChI is InChI=1S/C21H20O2/c1-23-21-15-16(12-13-20(21)22)14-19(17-8-4-2-5-9-17)18-10-6-3-7-11-18/h2-13,15,19,22H,14H2,1H3. The van der Waals surface area contributed by atoms with Gasteiger partial charge in [0.05, 0.1) is 7.11 Å². The largest absolute Gasteiger partial charge is 0.504 e. The van der Waals surface area contributed by atoms with Crippen LogP contribution in [0.15, 0.2) is 78.9 Å². The van der Waals surface area contributed by atoms with Crippen LogP contribution in [-0.4, -0.2) is 12.2 Å². The molecule has 0 radical (unpaired) electrons. The minimum Gasteiger partial charge on any atom is -0.504 e. The minimum absolute atomic E-state index is 0.173. The van der Waals surface area contributed by atoms with Crippen LogP contribution in [0.5, 0.6) is 11.5 Å². The highest BCUT2D eigenvalue weighted by atomic mass is 16.5. The van der Waals surface area contributed by atoms with Crippen molar-refractivity contribution in [1.29, 1.82) is 0 Å². The number of hydrogen-bond acceptors (Lipinski definition) is 2. The Morgan fingerprint density at radius 2 is 1.39 bits per heavy atom. The minimum atomic E-state index is 0.173. The molecule has 0 bridgehead atoms. The molecular formula is C21H20O2. The molecule has 0 saturated carbocycles. The maximum absolute atomic E-state index is 9.78. The van der Waals surface area contributed by atoms with Crippen molar-refractivity contribution < 1.29 is 9.84 Å². The first-order valence-corrected chi connectivity index (χ1v) is 7.73. The van der Waals surface area contributed by atoms with Gasteiger partial charge in [-0.2, -0.15) is 0 Å². The van der Waals surface area contributed by atoms with E-state index in [2.05, 4.69) is 48.5 Å². The predicted molar refractivity (Wildman–Crippen MR) is 93.1 cm³/mol. The van der Waals surface area contributed by atoms with Gasteiger partial charge in [-0.15, -0.1) is 0 Å². The quantitative estimate of drug-likeness (QED) is 0.735. The third-order valence-corrected chi connectivity index (χ3v) is 4.09. The van der Waals surface area contributed by atoms with Crippen LogP contribution in [0.3, 0.4) is 0 Å². The molecule has 0 heterocycles. The van der Waals surface area contributed by atoms with Crippen molar-refractivity contribution in [3.05, 3.63) is 95.6 Å². The number of hydrogen-bond donors (Lipinski definition) is 1. The molecule has 2 heteroatoms. The van der Waals surface area contributed by atoms with Crippen molar-refractivity contribution in [1.82, 2.24) is 0 Å². The summed E-state index contributed by atoms with van der Waals surface area (Å²) in [6.07, 6.45) is 0.852. The second-order valence-corrected chi connectivity index (χ2v) is 5.58. The first kappa shape index (κ1) is 15.2. The zero-order valence-corrected chi connectivity index (χ0v) is 13.1. The predicted octanol–water partition coefficient (Wildman–Crippen LogP) is 4.78. The highest BCUT2D eigenvalue weighted by Crippen LogP contribution is 2.32. The van der Waals surface area contributed by atoms with Crippen LogP contribution < -0.4 is 4.74 Å². The summed E-state index contributed by atoms with van der Waals surface area (Å²) in [5.41, 5.74) is 3.70. The molecule has 0 spiro atoms. The van der Waals surface area contributed by atoms with Crippen molar-refractivity contribution >= 4 is 0 Å². The van der Waals surface area contributed by atoms with Crippen molar-refractivity contribution in [3.8, 4) is 11.5 Å². The number of rotatable bonds is 5. The van der Waals surface area contributed by atoms with Crippen LogP contribution in [0.2, 0.25) is 0 Å². The van der Waals surface area contributed by atoms with Crippen LogP contribution in [0, 0.1) is 0 Å². The molecule has 0 fully saturated rings. The third kappa shape index (κ3) is 3.54. The maximum Gasteiger partial charge on any atom is 0.160 e. The smallest absolute Gasteiger partial charge is 0.160 e. The number of ether oxygens (including phenoxy) is 1. The normalized spacial score (nSPS) is 10.7. The fourth-order valence-electron chi connectivity index (χ4n) is 2.88. The van der Waals surface area contributed by atoms with Crippen LogP contribution in [0.4, 0.5) is 0 Å².